The second kappa shape index (κ2) is 11.4. The van der Waals surface area contributed by atoms with E-state index in [0.717, 1.165) is 82.9 Å². The Morgan fingerprint density at radius 1 is 0.368 bits per heavy atom. The SMILES string of the molecule is c1ccc2c(c1)ccc1c2c2ccccc2n1-c1ccc2cc3c(cc2c1)c1ccccc1n3-c1nc2ccccc2nc1-c1ccc2c(c1)oc1ccccc12. The normalized spacial score (nSPS) is 12.2. The minimum Gasteiger partial charge on any atom is -0.456 e. The molecule has 264 valence electrons. The van der Waals surface area contributed by atoms with Crippen molar-refractivity contribution in [2.45, 2.75) is 0 Å². The predicted molar refractivity (Wildman–Crippen MR) is 236 cm³/mol. The number of hydrogen-bond donors (Lipinski definition) is 0. The zero-order valence-electron chi connectivity index (χ0n) is 30.5. The molecule has 4 heterocycles. The number of rotatable bonds is 3. The summed E-state index contributed by atoms with van der Waals surface area (Å²) in [5.41, 5.74) is 10.8. The topological polar surface area (TPSA) is 48.8 Å². The summed E-state index contributed by atoms with van der Waals surface area (Å²) in [5.74, 6) is 0.781. The highest BCUT2D eigenvalue weighted by atomic mass is 16.3. The van der Waals surface area contributed by atoms with Gasteiger partial charge in [0.2, 0.25) is 0 Å². The van der Waals surface area contributed by atoms with Crippen LogP contribution in [0.3, 0.4) is 0 Å². The molecular weight excluding hydrogens is 697 g/mol. The van der Waals surface area contributed by atoms with E-state index in [1.807, 2.05) is 36.4 Å². The molecule has 0 N–H and O–H groups in total. The van der Waals surface area contributed by atoms with Gasteiger partial charge >= 0.3 is 0 Å². The summed E-state index contributed by atoms with van der Waals surface area (Å²) in [7, 11) is 0. The lowest BCUT2D eigenvalue weighted by Gasteiger charge is -2.14. The molecule has 0 aliphatic rings. The van der Waals surface area contributed by atoms with Crippen molar-refractivity contribution >= 4 is 98.1 Å². The van der Waals surface area contributed by atoms with Crippen molar-refractivity contribution in [1.29, 1.82) is 0 Å². The minimum absolute atomic E-state index is 0.781. The van der Waals surface area contributed by atoms with Crippen molar-refractivity contribution in [2.75, 3.05) is 0 Å². The Labute approximate surface area is 325 Å². The Balaban J connectivity index is 1.06. The van der Waals surface area contributed by atoms with Crippen LogP contribution in [-0.4, -0.2) is 19.1 Å². The molecule has 0 spiro atoms. The summed E-state index contributed by atoms with van der Waals surface area (Å²) in [4.78, 5) is 10.7. The zero-order valence-corrected chi connectivity index (χ0v) is 30.5. The highest BCUT2D eigenvalue weighted by Crippen LogP contribution is 2.41. The fraction of sp³-hybridized carbons (Fsp3) is 0. The van der Waals surface area contributed by atoms with Gasteiger partial charge < -0.3 is 8.98 Å². The van der Waals surface area contributed by atoms with Crippen LogP contribution in [0.4, 0.5) is 0 Å². The van der Waals surface area contributed by atoms with Crippen LogP contribution in [0.2, 0.25) is 0 Å². The average molecular weight is 727 g/mol. The number of fused-ring (bicyclic) bond motifs is 13. The second-order valence-electron chi connectivity index (χ2n) is 15.0. The number of hydrogen-bond acceptors (Lipinski definition) is 3. The average Bonchev–Trinajstić information content (AvgIpc) is 3.92. The van der Waals surface area contributed by atoms with Gasteiger partial charge in [-0.25, -0.2) is 9.97 Å². The van der Waals surface area contributed by atoms with Gasteiger partial charge in [-0.3, -0.25) is 4.57 Å². The van der Waals surface area contributed by atoms with E-state index in [1.165, 1.54) is 38.0 Å². The van der Waals surface area contributed by atoms with Crippen molar-refractivity contribution in [3.8, 4) is 22.8 Å². The molecule has 0 fully saturated rings. The van der Waals surface area contributed by atoms with Crippen molar-refractivity contribution in [1.82, 2.24) is 19.1 Å². The molecule has 9 aromatic carbocycles. The molecule has 0 unspecified atom stereocenters. The molecule has 0 atom stereocenters. The third-order valence-electron chi connectivity index (χ3n) is 11.9. The van der Waals surface area contributed by atoms with Crippen molar-refractivity contribution in [3.05, 3.63) is 182 Å². The summed E-state index contributed by atoms with van der Waals surface area (Å²) < 4.78 is 11.1. The molecular formula is C52H30N4O. The highest BCUT2D eigenvalue weighted by molar-refractivity contribution is 6.21. The van der Waals surface area contributed by atoms with Crippen LogP contribution in [0.15, 0.2) is 186 Å². The zero-order chi connectivity index (χ0) is 37.2. The maximum atomic E-state index is 6.37. The first-order valence-corrected chi connectivity index (χ1v) is 19.3. The number of nitrogens with zero attached hydrogens (tertiary/aromatic N) is 4. The van der Waals surface area contributed by atoms with Gasteiger partial charge in [-0.1, -0.05) is 109 Å². The maximum Gasteiger partial charge on any atom is 0.165 e. The maximum absolute atomic E-state index is 6.37. The molecule has 57 heavy (non-hydrogen) atoms. The monoisotopic (exact) mass is 726 g/mol. The lowest BCUT2D eigenvalue weighted by atomic mass is 10.0. The fourth-order valence-corrected chi connectivity index (χ4v) is 9.30. The smallest absolute Gasteiger partial charge is 0.165 e. The third-order valence-corrected chi connectivity index (χ3v) is 11.9. The van der Waals surface area contributed by atoms with Crippen LogP contribution in [0, 0.1) is 0 Å². The van der Waals surface area contributed by atoms with Crippen LogP contribution in [0.5, 0.6) is 0 Å². The van der Waals surface area contributed by atoms with Crippen LogP contribution in [0.1, 0.15) is 0 Å². The van der Waals surface area contributed by atoms with Gasteiger partial charge in [0.05, 0.1) is 33.1 Å². The number of aromatic nitrogens is 4. The molecule has 0 aliphatic carbocycles. The van der Waals surface area contributed by atoms with E-state index in [2.05, 4.69) is 155 Å². The summed E-state index contributed by atoms with van der Waals surface area (Å²) in [5, 5.41) is 11.9. The molecule has 0 aliphatic heterocycles. The van der Waals surface area contributed by atoms with E-state index in [1.54, 1.807) is 0 Å². The van der Waals surface area contributed by atoms with Gasteiger partial charge in [-0.2, -0.15) is 0 Å². The van der Waals surface area contributed by atoms with Gasteiger partial charge in [0, 0.05) is 43.6 Å². The van der Waals surface area contributed by atoms with Crippen LogP contribution in [0.25, 0.3) is 121 Å². The molecule has 0 saturated carbocycles. The summed E-state index contributed by atoms with van der Waals surface area (Å²) in [6.07, 6.45) is 0. The minimum atomic E-state index is 0.781. The molecule has 13 rings (SSSR count). The lowest BCUT2D eigenvalue weighted by molar-refractivity contribution is 0.669. The largest absolute Gasteiger partial charge is 0.456 e. The lowest BCUT2D eigenvalue weighted by Crippen LogP contribution is -2.03. The van der Waals surface area contributed by atoms with E-state index >= 15 is 0 Å². The third kappa shape index (κ3) is 4.34. The predicted octanol–water partition coefficient (Wildman–Crippen LogP) is 13.7. The fourth-order valence-electron chi connectivity index (χ4n) is 9.30. The summed E-state index contributed by atoms with van der Waals surface area (Å²) >= 11 is 0. The molecule has 0 bridgehead atoms. The van der Waals surface area contributed by atoms with E-state index in [4.69, 9.17) is 14.4 Å². The molecule has 4 aromatic heterocycles. The number of benzene rings is 9. The molecule has 0 amide bonds. The second-order valence-corrected chi connectivity index (χ2v) is 15.0. The first-order valence-electron chi connectivity index (χ1n) is 19.3. The first kappa shape index (κ1) is 30.6. The van der Waals surface area contributed by atoms with Crippen molar-refractivity contribution < 1.29 is 4.42 Å². The molecule has 0 radical (unpaired) electrons. The van der Waals surface area contributed by atoms with Crippen LogP contribution >= 0.6 is 0 Å². The standard InChI is InChI=1S/C52H30N4O/c1-2-12-36-31(11-1)23-26-46-50(36)40-15-4-9-19-45(40)55(46)35-24-21-32-29-47-41(28-34(32)27-35)37-13-3-8-18-44(37)56(47)52-51(53-42-16-6-7-17-43(42)54-52)33-22-25-39-38-14-5-10-20-48(38)57-49(39)30-33/h1-30H. The Morgan fingerprint density at radius 2 is 1.05 bits per heavy atom. The molecule has 13 aromatic rings. The Kier molecular flexibility index (Phi) is 6.10. The number of furan rings is 1. The Hall–Kier alpha value is -7.76. The number of para-hydroxylation sites is 5. The van der Waals surface area contributed by atoms with Gasteiger partial charge in [0.1, 0.15) is 16.9 Å². The highest BCUT2D eigenvalue weighted by Gasteiger charge is 2.21. The molecule has 5 heteroatoms. The van der Waals surface area contributed by atoms with E-state index in [0.29, 0.717) is 0 Å². The summed E-state index contributed by atoms with van der Waals surface area (Å²) in [6.45, 7) is 0. The quantitative estimate of drug-likeness (QED) is 0.182. The van der Waals surface area contributed by atoms with Gasteiger partial charge in [-0.15, -0.1) is 0 Å². The Bertz CT molecular complexity index is 3830. The molecule has 5 nitrogen and oxygen atoms in total. The van der Waals surface area contributed by atoms with E-state index in [-0.39, 0.29) is 0 Å². The molecule has 0 saturated heterocycles. The Morgan fingerprint density at radius 3 is 1.93 bits per heavy atom. The van der Waals surface area contributed by atoms with Gasteiger partial charge in [0.15, 0.2) is 5.82 Å². The van der Waals surface area contributed by atoms with E-state index in [9.17, 15) is 0 Å². The van der Waals surface area contributed by atoms with Crippen LogP contribution in [-0.2, 0) is 0 Å². The van der Waals surface area contributed by atoms with Crippen LogP contribution < -0.4 is 0 Å². The van der Waals surface area contributed by atoms with Crippen molar-refractivity contribution in [2.24, 2.45) is 0 Å². The van der Waals surface area contributed by atoms with Crippen molar-refractivity contribution in [3.63, 3.8) is 0 Å². The van der Waals surface area contributed by atoms with E-state index < -0.39 is 0 Å². The van der Waals surface area contributed by atoms with Gasteiger partial charge in [0.25, 0.3) is 0 Å². The first-order chi connectivity index (χ1) is 28.2. The van der Waals surface area contributed by atoms with Gasteiger partial charge in [-0.05, 0) is 94.3 Å². The summed E-state index contributed by atoms with van der Waals surface area (Å²) in [6, 6.07) is 64.8.